The highest BCUT2D eigenvalue weighted by atomic mass is 16.5. The Labute approximate surface area is 137 Å². The van der Waals surface area contributed by atoms with Gasteiger partial charge in [-0.3, -0.25) is 4.79 Å². The van der Waals surface area contributed by atoms with Crippen molar-refractivity contribution in [2.24, 2.45) is 0 Å². The van der Waals surface area contributed by atoms with E-state index < -0.39 is 5.97 Å². The van der Waals surface area contributed by atoms with E-state index in [2.05, 4.69) is 0 Å². The Morgan fingerprint density at radius 2 is 1.92 bits per heavy atom. The molecule has 0 radical (unpaired) electrons. The maximum Gasteiger partial charge on any atom is 0.335 e. The molecule has 0 saturated heterocycles. The number of hydrogen-bond donors (Lipinski definition) is 1. The van der Waals surface area contributed by atoms with Crippen molar-refractivity contribution in [1.29, 1.82) is 0 Å². The maximum absolute atomic E-state index is 12.8. The molecule has 0 fully saturated rings. The molecule has 3 aromatic rings. The van der Waals surface area contributed by atoms with E-state index >= 15 is 0 Å². The first-order chi connectivity index (χ1) is 11.5. The second kappa shape index (κ2) is 5.98. The third-order valence-corrected chi connectivity index (χ3v) is 4.05. The Bertz CT molecular complexity index is 1000. The first-order valence-corrected chi connectivity index (χ1v) is 7.31. The predicted octanol–water partition coefficient (Wildman–Crippen LogP) is 3.36. The number of hydrogen-bond acceptors (Lipinski definition) is 5. The lowest BCUT2D eigenvalue weighted by atomic mass is 10.0. The summed E-state index contributed by atoms with van der Waals surface area (Å²) in [6.45, 7) is 1.84. The summed E-state index contributed by atoms with van der Waals surface area (Å²) in [5.74, 6) is -0.599. The quantitative estimate of drug-likeness (QED) is 0.739. The van der Waals surface area contributed by atoms with Gasteiger partial charge in [0.2, 0.25) is 5.43 Å². The predicted molar refractivity (Wildman–Crippen MR) is 88.9 cm³/mol. The Morgan fingerprint density at radius 1 is 1.17 bits per heavy atom. The molecule has 1 N–H and O–H groups in total. The van der Waals surface area contributed by atoms with Gasteiger partial charge in [-0.1, -0.05) is 0 Å². The van der Waals surface area contributed by atoms with Crippen LogP contribution >= 0.6 is 0 Å². The Kier molecular flexibility index (Phi) is 3.99. The summed E-state index contributed by atoms with van der Waals surface area (Å²) < 4.78 is 16.5. The second-order valence-electron chi connectivity index (χ2n) is 5.42. The summed E-state index contributed by atoms with van der Waals surface area (Å²) in [4.78, 5) is 24.0. The van der Waals surface area contributed by atoms with E-state index in [1.54, 1.807) is 19.2 Å². The van der Waals surface area contributed by atoms with E-state index in [0.717, 1.165) is 0 Å². The molecule has 0 bridgehead atoms. The van der Waals surface area contributed by atoms with Gasteiger partial charge in [-0.05, 0) is 37.3 Å². The molecule has 0 aliphatic heterocycles. The lowest BCUT2D eigenvalue weighted by Crippen LogP contribution is -2.07. The maximum atomic E-state index is 12.8. The average molecular weight is 328 g/mol. The molecular formula is C18H16O6. The van der Waals surface area contributed by atoms with Crippen LogP contribution in [-0.2, 0) is 4.74 Å². The fourth-order valence-electron chi connectivity index (χ4n) is 2.64. The van der Waals surface area contributed by atoms with Crippen LogP contribution in [0.1, 0.15) is 28.9 Å². The number of carboxylic acid groups (broad SMARTS) is 1. The van der Waals surface area contributed by atoms with Crippen LogP contribution in [0.5, 0.6) is 5.75 Å². The lowest BCUT2D eigenvalue weighted by Gasteiger charge is -2.14. The van der Waals surface area contributed by atoms with Gasteiger partial charge in [-0.25, -0.2) is 4.79 Å². The van der Waals surface area contributed by atoms with Gasteiger partial charge in [0.25, 0.3) is 0 Å². The summed E-state index contributed by atoms with van der Waals surface area (Å²) in [6.07, 6.45) is -0.304. The molecule has 1 atom stereocenters. The summed E-state index contributed by atoms with van der Waals surface area (Å²) in [6, 6.07) is 7.56. The number of aromatic carboxylic acids is 1. The Balaban J connectivity index is 2.44. The fourth-order valence-corrected chi connectivity index (χ4v) is 2.64. The van der Waals surface area contributed by atoms with Gasteiger partial charge in [-0.15, -0.1) is 0 Å². The molecule has 24 heavy (non-hydrogen) atoms. The normalized spacial score (nSPS) is 12.5. The summed E-state index contributed by atoms with van der Waals surface area (Å²) >= 11 is 0. The second-order valence-corrected chi connectivity index (χ2v) is 5.42. The number of carboxylic acids is 1. The van der Waals surface area contributed by atoms with Crippen molar-refractivity contribution < 1.29 is 23.8 Å². The molecule has 124 valence electrons. The van der Waals surface area contributed by atoms with E-state index in [4.69, 9.17) is 19.0 Å². The summed E-state index contributed by atoms with van der Waals surface area (Å²) in [7, 11) is 3.07. The van der Waals surface area contributed by atoms with Crippen molar-refractivity contribution in [3.8, 4) is 5.75 Å². The van der Waals surface area contributed by atoms with Crippen LogP contribution in [0.15, 0.2) is 39.5 Å². The van der Waals surface area contributed by atoms with E-state index in [0.29, 0.717) is 27.9 Å². The largest absolute Gasteiger partial charge is 0.497 e. The number of ether oxygens (including phenoxy) is 2. The third kappa shape index (κ3) is 2.51. The fraction of sp³-hybridized carbons (Fsp3) is 0.222. The van der Waals surface area contributed by atoms with Gasteiger partial charge in [0.1, 0.15) is 16.9 Å². The Hall–Kier alpha value is -2.86. The average Bonchev–Trinajstić information content (AvgIpc) is 2.60. The van der Waals surface area contributed by atoms with Crippen LogP contribution in [0.3, 0.4) is 0 Å². The zero-order valence-corrected chi connectivity index (χ0v) is 13.5. The monoisotopic (exact) mass is 328 g/mol. The molecule has 1 aromatic heterocycles. The molecular weight excluding hydrogens is 312 g/mol. The molecule has 3 rings (SSSR count). The van der Waals surface area contributed by atoms with E-state index in [9.17, 15) is 9.59 Å². The molecule has 6 heteroatoms. The van der Waals surface area contributed by atoms with Crippen molar-refractivity contribution in [3.05, 3.63) is 51.7 Å². The van der Waals surface area contributed by atoms with Crippen LogP contribution in [-0.4, -0.2) is 25.3 Å². The van der Waals surface area contributed by atoms with Gasteiger partial charge < -0.3 is 19.0 Å². The molecule has 6 nitrogen and oxygen atoms in total. The zero-order chi connectivity index (χ0) is 17.4. The van der Waals surface area contributed by atoms with Crippen molar-refractivity contribution >= 4 is 27.9 Å². The molecule has 2 aromatic carbocycles. The molecule has 0 saturated carbocycles. The zero-order valence-electron chi connectivity index (χ0n) is 13.5. The smallest absolute Gasteiger partial charge is 0.335 e. The number of fused-ring (bicyclic) bond motifs is 2. The van der Waals surface area contributed by atoms with Crippen LogP contribution in [0.2, 0.25) is 0 Å². The van der Waals surface area contributed by atoms with Crippen LogP contribution in [0.4, 0.5) is 0 Å². The van der Waals surface area contributed by atoms with Crippen LogP contribution in [0.25, 0.3) is 21.9 Å². The number of methoxy groups -OCH3 is 2. The molecule has 0 spiro atoms. The summed E-state index contributed by atoms with van der Waals surface area (Å²) in [5, 5.41) is 9.65. The van der Waals surface area contributed by atoms with Gasteiger partial charge >= 0.3 is 5.97 Å². The van der Waals surface area contributed by atoms with E-state index in [-0.39, 0.29) is 22.5 Å². The van der Waals surface area contributed by atoms with E-state index in [1.165, 1.54) is 25.3 Å². The Morgan fingerprint density at radius 3 is 2.54 bits per heavy atom. The topological polar surface area (TPSA) is 86.0 Å². The molecule has 1 unspecified atom stereocenters. The van der Waals surface area contributed by atoms with Crippen LogP contribution < -0.4 is 10.2 Å². The number of rotatable bonds is 4. The van der Waals surface area contributed by atoms with Gasteiger partial charge in [0.15, 0.2) is 0 Å². The standard InChI is InChI=1S/C18H16O6/c1-9(22-2)12-7-11(23-3)8-14-16(19)13-6-10(18(20)21)4-5-15(13)24-17(12)14/h4-9H,1-3H3,(H,20,21). The highest BCUT2D eigenvalue weighted by Crippen LogP contribution is 2.31. The van der Waals surface area contributed by atoms with Gasteiger partial charge in [0, 0.05) is 12.7 Å². The molecule has 0 aliphatic carbocycles. The minimum Gasteiger partial charge on any atom is -0.497 e. The highest BCUT2D eigenvalue weighted by molar-refractivity contribution is 5.96. The van der Waals surface area contributed by atoms with Crippen molar-refractivity contribution in [2.75, 3.05) is 14.2 Å². The summed E-state index contributed by atoms with van der Waals surface area (Å²) in [5.41, 5.74) is 1.14. The first-order valence-electron chi connectivity index (χ1n) is 7.31. The minimum absolute atomic E-state index is 0.0301. The number of benzene rings is 2. The molecule has 0 aliphatic rings. The highest BCUT2D eigenvalue weighted by Gasteiger charge is 2.18. The minimum atomic E-state index is -1.10. The van der Waals surface area contributed by atoms with Crippen molar-refractivity contribution in [3.63, 3.8) is 0 Å². The van der Waals surface area contributed by atoms with Crippen LogP contribution in [0, 0.1) is 0 Å². The SMILES string of the molecule is COc1cc(C(C)OC)c2oc3ccc(C(=O)O)cc3c(=O)c2c1. The lowest BCUT2D eigenvalue weighted by molar-refractivity contribution is 0.0697. The molecule has 0 amide bonds. The molecule has 1 heterocycles. The van der Waals surface area contributed by atoms with Crippen molar-refractivity contribution in [1.82, 2.24) is 0 Å². The third-order valence-electron chi connectivity index (χ3n) is 4.05. The van der Waals surface area contributed by atoms with Gasteiger partial charge in [-0.2, -0.15) is 0 Å². The van der Waals surface area contributed by atoms with Crippen molar-refractivity contribution in [2.45, 2.75) is 13.0 Å². The number of carbonyl (C=O) groups is 1. The first kappa shape index (κ1) is 16.0. The van der Waals surface area contributed by atoms with Gasteiger partial charge in [0.05, 0.1) is 29.5 Å². The van der Waals surface area contributed by atoms with E-state index in [1.807, 2.05) is 6.92 Å².